The monoisotopic (exact) mass is 794 g/mol. The van der Waals surface area contributed by atoms with E-state index >= 15 is 0 Å². The van der Waals surface area contributed by atoms with E-state index in [9.17, 15) is 38.7 Å². The Labute approximate surface area is 331 Å². The fraction of sp³-hybridized carbons (Fsp3) is 0.463. The number of pyridine rings is 2. The number of amides is 5. The van der Waals surface area contributed by atoms with E-state index in [1.54, 1.807) is 38.3 Å². The smallest absolute Gasteiger partial charge is 0.343 e. The average Bonchev–Trinajstić information content (AvgIpc) is 4.00. The summed E-state index contributed by atoms with van der Waals surface area (Å²) in [7, 11) is 0. The van der Waals surface area contributed by atoms with Crippen LogP contribution in [0.2, 0.25) is 0 Å². The summed E-state index contributed by atoms with van der Waals surface area (Å²) in [6.45, 7) is 6.17. The minimum atomic E-state index is -1.97. The highest BCUT2D eigenvalue weighted by Gasteiger charge is 2.59. The van der Waals surface area contributed by atoms with Gasteiger partial charge in [0.2, 0.25) is 24.5 Å². The third-order valence-electron chi connectivity index (χ3n) is 12.7. The molecule has 3 aromatic rings. The molecule has 10 rings (SSSR count). The first-order chi connectivity index (χ1) is 27.6. The van der Waals surface area contributed by atoms with Crippen LogP contribution in [0, 0.1) is 11.8 Å². The van der Waals surface area contributed by atoms with Crippen molar-refractivity contribution in [3.63, 3.8) is 0 Å². The number of nitrogens with one attached hydrogen (secondary N) is 3. The summed E-state index contributed by atoms with van der Waals surface area (Å²) in [4.78, 5) is 96.3. The average molecular weight is 795 g/mol. The molecule has 3 saturated carbocycles. The van der Waals surface area contributed by atoms with Crippen molar-refractivity contribution >= 4 is 46.4 Å². The molecule has 5 amide bonds. The van der Waals surface area contributed by atoms with Crippen molar-refractivity contribution < 1.29 is 48.1 Å². The molecule has 7 aliphatic rings. The van der Waals surface area contributed by atoms with E-state index in [1.165, 1.54) is 0 Å². The summed E-state index contributed by atoms with van der Waals surface area (Å²) >= 11 is 0. The molecule has 17 nitrogen and oxygen atoms in total. The van der Waals surface area contributed by atoms with Crippen LogP contribution < -0.4 is 31.0 Å². The number of carbonyl (C=O) groups is 6. The molecule has 2 bridgehead atoms. The summed E-state index contributed by atoms with van der Waals surface area (Å²) < 4.78 is 18.4. The maximum absolute atomic E-state index is 14.1. The van der Waals surface area contributed by atoms with Crippen molar-refractivity contribution in [1.82, 2.24) is 30.4 Å². The van der Waals surface area contributed by atoms with Crippen molar-refractivity contribution in [2.75, 3.05) is 13.3 Å². The number of cyclic esters (lactones) is 1. The van der Waals surface area contributed by atoms with Gasteiger partial charge in [-0.3, -0.25) is 33.7 Å². The number of ether oxygens (including phenoxy) is 3. The number of aromatic nitrogens is 2. The molecule has 2 aromatic heterocycles. The number of esters is 1. The van der Waals surface area contributed by atoms with Gasteiger partial charge < -0.3 is 39.8 Å². The molecule has 17 heteroatoms. The Bertz CT molecular complexity index is 2470. The molecule has 4 atom stereocenters. The Hall–Kier alpha value is -6.10. The van der Waals surface area contributed by atoms with Gasteiger partial charge in [-0.05, 0) is 67.6 Å². The van der Waals surface area contributed by atoms with Gasteiger partial charge in [0.1, 0.15) is 25.2 Å². The lowest BCUT2D eigenvalue weighted by atomic mass is 9.63. The first kappa shape index (κ1) is 37.5. The van der Waals surface area contributed by atoms with Crippen LogP contribution in [-0.4, -0.2) is 86.5 Å². The van der Waals surface area contributed by atoms with Crippen LogP contribution in [0.15, 0.2) is 35.1 Å². The maximum Gasteiger partial charge on any atom is 0.343 e. The van der Waals surface area contributed by atoms with Gasteiger partial charge >= 0.3 is 5.97 Å². The second kappa shape index (κ2) is 13.2. The van der Waals surface area contributed by atoms with Crippen molar-refractivity contribution in [1.29, 1.82) is 0 Å². The first-order valence-electron chi connectivity index (χ1n) is 19.5. The van der Waals surface area contributed by atoms with E-state index in [2.05, 4.69) is 16.0 Å². The fourth-order valence-electron chi connectivity index (χ4n) is 9.69. The first-order valence-corrected chi connectivity index (χ1v) is 19.5. The van der Waals surface area contributed by atoms with Gasteiger partial charge in [0.15, 0.2) is 17.1 Å². The molecule has 1 aromatic carbocycles. The SMILES string of the molecule is CC[C@@]1(O)C(=O)OCc2c1cc1n(c2=O)Cc2c-1nc1cc3c(cc1c2C12CC(C1)C(NC(=O)[C@H](C)NC(=O)[C@@H](NC(=O)CN1C(=O)C=CC1=O)C(C)C)C2)OCO3. The van der Waals surface area contributed by atoms with Gasteiger partial charge in [-0.15, -0.1) is 0 Å². The van der Waals surface area contributed by atoms with Crippen LogP contribution in [0.5, 0.6) is 11.5 Å². The van der Waals surface area contributed by atoms with Gasteiger partial charge in [-0.2, -0.15) is 0 Å². The molecule has 302 valence electrons. The van der Waals surface area contributed by atoms with Crippen LogP contribution in [0.4, 0.5) is 0 Å². The van der Waals surface area contributed by atoms with Gasteiger partial charge in [0, 0.05) is 40.8 Å². The van der Waals surface area contributed by atoms with Crippen LogP contribution >= 0.6 is 0 Å². The van der Waals surface area contributed by atoms with Crippen LogP contribution in [0.25, 0.3) is 22.3 Å². The van der Waals surface area contributed by atoms with Gasteiger partial charge in [-0.1, -0.05) is 20.8 Å². The number of hydrogen-bond donors (Lipinski definition) is 4. The van der Waals surface area contributed by atoms with Gasteiger partial charge in [0.25, 0.3) is 17.4 Å². The molecule has 1 unspecified atom stereocenters. The number of benzene rings is 1. The van der Waals surface area contributed by atoms with Crippen LogP contribution in [0.3, 0.4) is 0 Å². The van der Waals surface area contributed by atoms with E-state index < -0.39 is 65.1 Å². The lowest BCUT2D eigenvalue weighted by Crippen LogP contribution is -2.56. The largest absolute Gasteiger partial charge is 0.458 e. The zero-order chi connectivity index (χ0) is 41.0. The van der Waals surface area contributed by atoms with Crippen LogP contribution in [-0.2, 0) is 57.7 Å². The predicted molar refractivity (Wildman–Crippen MR) is 202 cm³/mol. The summed E-state index contributed by atoms with van der Waals surface area (Å²) in [6, 6.07) is 3.22. The standard InChI is InChI=1S/C41H42N6O11/c1-5-41(55)24-9-27-35-22(14-46(27)38(53)23(24)16-56-39(41)54)33(21-8-28-29(58-17-57-28)10-25(21)43-35)40-11-20(12-40)26(13-40)44-36(51)19(4)42-37(52)34(18(2)3)45-30(48)15-47-31(49)6-7-32(47)50/h6-10,18-20,26,34,55H,5,11-17H2,1-4H3,(H,42,52)(H,44,51)(H,45,48)/t19-,20?,26?,34-,40?,41-/m0/s1. The maximum atomic E-state index is 14.1. The lowest BCUT2D eigenvalue weighted by Gasteiger charge is -2.41. The minimum absolute atomic E-state index is 0.0204. The topological polar surface area (TPSA) is 225 Å². The summed E-state index contributed by atoms with van der Waals surface area (Å²) in [6.07, 6.45) is 4.24. The summed E-state index contributed by atoms with van der Waals surface area (Å²) in [5.74, 6) is -2.82. The summed E-state index contributed by atoms with van der Waals surface area (Å²) in [5.41, 5.74) is 1.27. The number of nitrogens with zero attached hydrogens (tertiary/aromatic N) is 3. The van der Waals surface area contributed by atoms with E-state index in [0.29, 0.717) is 34.8 Å². The Morgan fingerprint density at radius 3 is 2.33 bits per heavy atom. The predicted octanol–water partition coefficient (Wildman–Crippen LogP) is 0.915. The number of fused-ring (bicyclic) bond motifs is 7. The third-order valence-corrected chi connectivity index (χ3v) is 12.7. The van der Waals surface area contributed by atoms with Crippen molar-refractivity contribution in [3.8, 4) is 22.9 Å². The summed E-state index contributed by atoms with van der Waals surface area (Å²) in [5, 5.41) is 20.7. The second-order valence-electron chi connectivity index (χ2n) is 16.5. The molecule has 3 aliphatic carbocycles. The normalized spacial score (nSPS) is 25.6. The van der Waals surface area contributed by atoms with E-state index in [1.807, 2.05) is 12.1 Å². The van der Waals surface area contributed by atoms with E-state index in [0.717, 1.165) is 46.4 Å². The number of aliphatic hydroxyl groups is 1. The van der Waals surface area contributed by atoms with E-state index in [-0.39, 0.29) is 60.9 Å². The highest BCUT2D eigenvalue weighted by atomic mass is 16.7. The number of carbonyl (C=O) groups excluding carboxylic acids is 6. The molecule has 58 heavy (non-hydrogen) atoms. The second-order valence-corrected chi connectivity index (χ2v) is 16.5. The molecule has 6 heterocycles. The molecular weight excluding hydrogens is 752 g/mol. The van der Waals surface area contributed by atoms with E-state index in [4.69, 9.17) is 19.2 Å². The number of rotatable bonds is 10. The van der Waals surface area contributed by atoms with Crippen molar-refractivity contribution in [2.24, 2.45) is 11.8 Å². The Kier molecular flexibility index (Phi) is 8.54. The van der Waals surface area contributed by atoms with Gasteiger partial charge in [0.05, 0.1) is 29.0 Å². The quantitative estimate of drug-likeness (QED) is 0.130. The molecule has 3 fully saturated rings. The highest BCUT2D eigenvalue weighted by Crippen LogP contribution is 2.63. The molecule has 4 N–H and O–H groups in total. The Morgan fingerprint density at radius 2 is 1.64 bits per heavy atom. The number of hydrogen-bond acceptors (Lipinski definition) is 12. The van der Waals surface area contributed by atoms with Crippen molar-refractivity contribution in [3.05, 3.63) is 63.0 Å². The lowest BCUT2D eigenvalue weighted by molar-refractivity contribution is -0.172. The molecule has 0 spiro atoms. The highest BCUT2D eigenvalue weighted by molar-refractivity contribution is 6.14. The zero-order valence-electron chi connectivity index (χ0n) is 32.3. The fourth-order valence-corrected chi connectivity index (χ4v) is 9.69. The Morgan fingerprint density at radius 1 is 0.931 bits per heavy atom. The Balaban J connectivity index is 0.969. The van der Waals surface area contributed by atoms with Crippen molar-refractivity contribution in [2.45, 2.75) is 95.7 Å². The minimum Gasteiger partial charge on any atom is -0.458 e. The van der Waals surface area contributed by atoms with Gasteiger partial charge in [-0.25, -0.2) is 9.78 Å². The molecule has 0 radical (unpaired) electrons. The zero-order valence-corrected chi connectivity index (χ0v) is 32.3. The van der Waals surface area contributed by atoms with Crippen LogP contribution in [0.1, 0.15) is 75.6 Å². The molecular formula is C41H42N6O11. The third kappa shape index (κ3) is 5.61. The number of imide groups is 1. The molecule has 0 saturated heterocycles. The molecule has 4 aliphatic heterocycles.